The number of benzene rings is 2. The highest BCUT2D eigenvalue weighted by atomic mass is 19.1. The molecule has 1 aliphatic carbocycles. The van der Waals surface area contributed by atoms with Gasteiger partial charge in [-0.1, -0.05) is 0 Å². The third-order valence-corrected chi connectivity index (χ3v) is 5.35. The number of nitrogens with one attached hydrogen (secondary N) is 1. The van der Waals surface area contributed by atoms with E-state index in [2.05, 4.69) is 5.32 Å². The summed E-state index contributed by atoms with van der Waals surface area (Å²) in [5, 5.41) is 22.8. The molecule has 1 aliphatic rings. The third kappa shape index (κ3) is 5.70. The lowest BCUT2D eigenvalue weighted by Crippen LogP contribution is -2.45. The highest BCUT2D eigenvalue weighted by molar-refractivity contribution is 5.94. The van der Waals surface area contributed by atoms with E-state index in [9.17, 15) is 19.4 Å². The summed E-state index contributed by atoms with van der Waals surface area (Å²) in [6.07, 6.45) is 3.89. The minimum atomic E-state index is -0.888. The van der Waals surface area contributed by atoms with Crippen molar-refractivity contribution in [3.8, 4) is 11.5 Å². The summed E-state index contributed by atoms with van der Waals surface area (Å²) >= 11 is 0. The van der Waals surface area contributed by atoms with Gasteiger partial charge < -0.3 is 20.3 Å². The molecule has 150 valence electrons. The minimum Gasteiger partial charge on any atom is -0.508 e. The molecule has 5 nitrogen and oxygen atoms in total. The van der Waals surface area contributed by atoms with E-state index in [0.717, 1.165) is 19.3 Å². The Bertz CT molecular complexity index is 768. The maximum absolute atomic E-state index is 12.9. The van der Waals surface area contributed by atoms with Gasteiger partial charge in [-0.25, -0.2) is 4.39 Å². The van der Waals surface area contributed by atoms with Gasteiger partial charge in [-0.3, -0.25) is 4.79 Å². The van der Waals surface area contributed by atoms with E-state index in [0.29, 0.717) is 36.7 Å². The largest absolute Gasteiger partial charge is 0.508 e. The Morgan fingerprint density at radius 3 is 2.39 bits per heavy atom. The standard InChI is InChI=1S/C22H26FNO4/c23-18-3-7-20(8-4-18)28-14-11-16-9-12-22(27,13-10-16)15-24-21(26)17-1-5-19(25)6-2-17/h1-8,16,25,27H,9-15H2,(H,24,26)/t16-,22+. The highest BCUT2D eigenvalue weighted by Gasteiger charge is 2.33. The van der Waals surface area contributed by atoms with Crippen molar-refractivity contribution in [3.63, 3.8) is 0 Å². The van der Waals surface area contributed by atoms with Crippen LogP contribution < -0.4 is 10.1 Å². The predicted octanol–water partition coefficient (Wildman–Crippen LogP) is 3.65. The van der Waals surface area contributed by atoms with Gasteiger partial charge in [0.05, 0.1) is 12.2 Å². The van der Waals surface area contributed by atoms with Crippen LogP contribution in [-0.2, 0) is 0 Å². The van der Waals surface area contributed by atoms with E-state index in [1.807, 2.05) is 0 Å². The number of phenols is 1. The van der Waals surface area contributed by atoms with Crippen LogP contribution in [-0.4, -0.2) is 34.9 Å². The average molecular weight is 387 g/mol. The second kappa shape index (κ2) is 9.06. The molecule has 0 heterocycles. The Labute approximate surface area is 164 Å². The first-order chi connectivity index (χ1) is 13.4. The van der Waals surface area contributed by atoms with Gasteiger partial charge in [-0.2, -0.15) is 0 Å². The van der Waals surface area contributed by atoms with Gasteiger partial charge in [-0.05, 0) is 86.6 Å². The molecule has 0 radical (unpaired) electrons. The van der Waals surface area contributed by atoms with Crippen LogP contribution in [0, 0.1) is 11.7 Å². The number of halogens is 1. The van der Waals surface area contributed by atoms with Gasteiger partial charge >= 0.3 is 0 Å². The zero-order valence-electron chi connectivity index (χ0n) is 15.7. The lowest BCUT2D eigenvalue weighted by Gasteiger charge is -2.36. The Morgan fingerprint density at radius 1 is 1.11 bits per heavy atom. The van der Waals surface area contributed by atoms with E-state index < -0.39 is 5.60 Å². The van der Waals surface area contributed by atoms with Gasteiger partial charge in [0.15, 0.2) is 0 Å². The molecule has 3 rings (SSSR count). The Hall–Kier alpha value is -2.60. The highest BCUT2D eigenvalue weighted by Crippen LogP contribution is 2.33. The zero-order valence-corrected chi connectivity index (χ0v) is 15.7. The molecule has 0 aromatic heterocycles. The number of phenolic OH excluding ortho intramolecular Hbond substituents is 1. The first-order valence-electron chi connectivity index (χ1n) is 9.61. The summed E-state index contributed by atoms with van der Waals surface area (Å²) in [5.41, 5.74) is -0.436. The number of amides is 1. The fraction of sp³-hybridized carbons (Fsp3) is 0.409. The molecule has 0 spiro atoms. The third-order valence-electron chi connectivity index (χ3n) is 5.35. The quantitative estimate of drug-likeness (QED) is 0.678. The predicted molar refractivity (Wildman–Crippen MR) is 104 cm³/mol. The van der Waals surface area contributed by atoms with E-state index in [-0.39, 0.29) is 24.0 Å². The number of carbonyl (C=O) groups is 1. The van der Waals surface area contributed by atoms with Crippen LogP contribution in [0.25, 0.3) is 0 Å². The van der Waals surface area contributed by atoms with Crippen molar-refractivity contribution in [3.05, 3.63) is 59.9 Å². The molecule has 0 unspecified atom stereocenters. The number of hydrogen-bond acceptors (Lipinski definition) is 4. The number of aromatic hydroxyl groups is 1. The van der Waals surface area contributed by atoms with Gasteiger partial charge in [0.25, 0.3) is 5.91 Å². The maximum atomic E-state index is 12.9. The van der Waals surface area contributed by atoms with E-state index >= 15 is 0 Å². The smallest absolute Gasteiger partial charge is 0.251 e. The van der Waals surface area contributed by atoms with Crippen molar-refractivity contribution in [1.29, 1.82) is 0 Å². The summed E-state index contributed by atoms with van der Waals surface area (Å²) in [6.45, 7) is 0.776. The number of aliphatic hydroxyl groups is 1. The summed E-state index contributed by atoms with van der Waals surface area (Å²) in [6, 6.07) is 12.0. The molecule has 2 aromatic rings. The Kier molecular flexibility index (Phi) is 6.52. The van der Waals surface area contributed by atoms with Gasteiger partial charge in [0.2, 0.25) is 0 Å². The lowest BCUT2D eigenvalue weighted by atomic mass is 9.77. The average Bonchev–Trinajstić information content (AvgIpc) is 2.70. The zero-order chi connectivity index (χ0) is 20.0. The monoisotopic (exact) mass is 387 g/mol. The summed E-state index contributed by atoms with van der Waals surface area (Å²) in [5.74, 6) is 0.691. The molecule has 28 heavy (non-hydrogen) atoms. The molecule has 6 heteroatoms. The van der Waals surface area contributed by atoms with Crippen molar-refractivity contribution in [1.82, 2.24) is 5.32 Å². The molecule has 1 fully saturated rings. The second-order valence-corrected chi connectivity index (χ2v) is 7.49. The maximum Gasteiger partial charge on any atom is 0.251 e. The number of rotatable bonds is 7. The van der Waals surface area contributed by atoms with Crippen molar-refractivity contribution in [2.75, 3.05) is 13.2 Å². The van der Waals surface area contributed by atoms with Crippen LogP contribution in [0.15, 0.2) is 48.5 Å². The Morgan fingerprint density at radius 2 is 1.75 bits per heavy atom. The van der Waals surface area contributed by atoms with Crippen LogP contribution in [0.3, 0.4) is 0 Å². The van der Waals surface area contributed by atoms with Crippen molar-refractivity contribution < 1.29 is 24.1 Å². The molecule has 1 amide bonds. The summed E-state index contributed by atoms with van der Waals surface area (Å²) in [7, 11) is 0. The first-order valence-corrected chi connectivity index (χ1v) is 9.61. The molecule has 0 bridgehead atoms. The van der Waals surface area contributed by atoms with Crippen molar-refractivity contribution in [2.45, 2.75) is 37.7 Å². The van der Waals surface area contributed by atoms with Crippen molar-refractivity contribution in [2.24, 2.45) is 5.92 Å². The SMILES string of the molecule is O=C(NC[C@]1(O)CC[C@@H](CCOc2ccc(F)cc2)CC1)c1ccc(O)cc1. The molecule has 0 aliphatic heterocycles. The lowest BCUT2D eigenvalue weighted by molar-refractivity contribution is -0.00977. The molecular formula is C22H26FNO4. The molecular weight excluding hydrogens is 361 g/mol. The Balaban J connectivity index is 1.38. The molecule has 0 atom stereocenters. The normalized spacial score (nSPS) is 21.9. The number of hydrogen-bond donors (Lipinski definition) is 3. The van der Waals surface area contributed by atoms with Crippen molar-refractivity contribution >= 4 is 5.91 Å². The van der Waals surface area contributed by atoms with E-state index in [1.54, 1.807) is 24.3 Å². The second-order valence-electron chi connectivity index (χ2n) is 7.49. The van der Waals surface area contributed by atoms with E-state index in [1.165, 1.54) is 24.3 Å². The minimum absolute atomic E-state index is 0.108. The summed E-state index contributed by atoms with van der Waals surface area (Å²) < 4.78 is 18.5. The molecule has 1 saturated carbocycles. The van der Waals surface area contributed by atoms with Gasteiger partial charge in [-0.15, -0.1) is 0 Å². The van der Waals surface area contributed by atoms with Crippen LogP contribution in [0.2, 0.25) is 0 Å². The van der Waals surface area contributed by atoms with E-state index in [4.69, 9.17) is 4.74 Å². The van der Waals surface area contributed by atoms with Crippen LogP contribution in [0.1, 0.15) is 42.5 Å². The van der Waals surface area contributed by atoms with Gasteiger partial charge in [0, 0.05) is 12.1 Å². The topological polar surface area (TPSA) is 78.8 Å². The molecule has 0 saturated heterocycles. The fourth-order valence-corrected chi connectivity index (χ4v) is 3.51. The number of carbonyl (C=O) groups excluding carboxylic acids is 1. The number of ether oxygens (including phenoxy) is 1. The van der Waals surface area contributed by atoms with Gasteiger partial charge in [0.1, 0.15) is 17.3 Å². The van der Waals surface area contributed by atoms with Crippen LogP contribution >= 0.6 is 0 Å². The summed E-state index contributed by atoms with van der Waals surface area (Å²) in [4.78, 5) is 12.2. The first kappa shape index (κ1) is 20.1. The van der Waals surface area contributed by atoms with Crippen LogP contribution in [0.5, 0.6) is 11.5 Å². The molecule has 3 N–H and O–H groups in total. The fourth-order valence-electron chi connectivity index (χ4n) is 3.51. The molecule has 2 aromatic carbocycles. The van der Waals surface area contributed by atoms with Crippen LogP contribution in [0.4, 0.5) is 4.39 Å².